The highest BCUT2D eigenvalue weighted by molar-refractivity contribution is 5.26. The lowest BCUT2D eigenvalue weighted by Crippen LogP contribution is -2.38. The molecule has 0 saturated carbocycles. The molecule has 0 spiro atoms. The second kappa shape index (κ2) is 7.48. The molecule has 0 aliphatic carbocycles. The van der Waals surface area contributed by atoms with Crippen LogP contribution in [0.4, 0.5) is 0 Å². The lowest BCUT2D eigenvalue weighted by Gasteiger charge is -2.24. The molecule has 0 aromatic heterocycles. The molecule has 1 rings (SSSR count). The molecule has 0 aliphatic rings. The molecule has 1 atom stereocenters. The summed E-state index contributed by atoms with van der Waals surface area (Å²) in [6, 6.07) is 8.17. The van der Waals surface area contributed by atoms with Crippen LogP contribution < -0.4 is 11.3 Å². The smallest absolute Gasteiger partial charge is 0.177 e. The molecule has 0 saturated heterocycles. The summed E-state index contributed by atoms with van der Waals surface area (Å²) in [5.41, 5.74) is 5.12. The van der Waals surface area contributed by atoms with E-state index in [2.05, 4.69) is 31.4 Å². The number of hydrazine groups is 1. The van der Waals surface area contributed by atoms with Crippen LogP contribution in [0.1, 0.15) is 31.0 Å². The molecule has 0 fully saturated rings. The Balaban J connectivity index is 2.91. The summed E-state index contributed by atoms with van der Waals surface area (Å²) in [7, 11) is 3.22. The number of benzene rings is 1. The lowest BCUT2D eigenvalue weighted by molar-refractivity contribution is -0.124. The Bertz CT molecular complexity index is 351. The fourth-order valence-corrected chi connectivity index (χ4v) is 2.09. The second-order valence-corrected chi connectivity index (χ2v) is 4.83. The van der Waals surface area contributed by atoms with Crippen molar-refractivity contribution in [1.29, 1.82) is 0 Å². The van der Waals surface area contributed by atoms with Crippen LogP contribution in [0.2, 0.25) is 0 Å². The van der Waals surface area contributed by atoms with E-state index in [1.165, 1.54) is 5.56 Å². The standard InChI is InChI=1S/C14H24N2O2/c1-10(2)8-11-6-5-7-12(9-11)13(16-15)14(17-3)18-4/h5-7,9-10,13-14,16H,8,15H2,1-4H3. The summed E-state index contributed by atoms with van der Waals surface area (Å²) in [4.78, 5) is 0. The molecule has 0 heterocycles. The third-order valence-corrected chi connectivity index (χ3v) is 2.87. The van der Waals surface area contributed by atoms with Gasteiger partial charge < -0.3 is 9.47 Å². The van der Waals surface area contributed by atoms with Gasteiger partial charge in [-0.05, 0) is 23.5 Å². The quantitative estimate of drug-likeness (QED) is 0.443. The van der Waals surface area contributed by atoms with E-state index < -0.39 is 6.29 Å². The Labute approximate surface area is 109 Å². The summed E-state index contributed by atoms with van der Waals surface area (Å²) in [6.07, 6.45) is 0.653. The molecule has 1 aromatic carbocycles. The van der Waals surface area contributed by atoms with E-state index in [1.54, 1.807) is 14.2 Å². The monoisotopic (exact) mass is 252 g/mol. The molecule has 0 bridgehead atoms. The van der Waals surface area contributed by atoms with Crippen molar-refractivity contribution in [1.82, 2.24) is 5.43 Å². The van der Waals surface area contributed by atoms with E-state index >= 15 is 0 Å². The Morgan fingerprint density at radius 1 is 1.22 bits per heavy atom. The molecule has 4 nitrogen and oxygen atoms in total. The van der Waals surface area contributed by atoms with Crippen LogP contribution >= 0.6 is 0 Å². The predicted molar refractivity (Wildman–Crippen MR) is 72.9 cm³/mol. The number of ether oxygens (including phenoxy) is 2. The van der Waals surface area contributed by atoms with E-state index in [1.807, 2.05) is 12.1 Å². The van der Waals surface area contributed by atoms with Crippen LogP contribution in [0.25, 0.3) is 0 Å². The summed E-state index contributed by atoms with van der Waals surface area (Å²) in [5.74, 6) is 6.23. The molecule has 0 amide bonds. The van der Waals surface area contributed by atoms with Crippen LogP contribution in [0.5, 0.6) is 0 Å². The zero-order chi connectivity index (χ0) is 13.5. The fraction of sp³-hybridized carbons (Fsp3) is 0.571. The van der Waals surface area contributed by atoms with Crippen LogP contribution in [0.15, 0.2) is 24.3 Å². The van der Waals surface area contributed by atoms with Gasteiger partial charge >= 0.3 is 0 Å². The van der Waals surface area contributed by atoms with Crippen LogP contribution in [-0.2, 0) is 15.9 Å². The number of rotatable bonds is 7. The molecule has 0 radical (unpaired) electrons. The Hall–Kier alpha value is -0.940. The van der Waals surface area contributed by atoms with Gasteiger partial charge in [-0.25, -0.2) is 5.43 Å². The minimum Gasteiger partial charge on any atom is -0.354 e. The third-order valence-electron chi connectivity index (χ3n) is 2.87. The summed E-state index contributed by atoms with van der Waals surface area (Å²) in [6.45, 7) is 4.41. The maximum Gasteiger partial charge on any atom is 0.177 e. The third kappa shape index (κ3) is 4.07. The topological polar surface area (TPSA) is 56.5 Å². The first-order valence-electron chi connectivity index (χ1n) is 6.23. The van der Waals surface area contributed by atoms with E-state index in [0.717, 1.165) is 12.0 Å². The van der Waals surface area contributed by atoms with Crippen molar-refractivity contribution in [3.05, 3.63) is 35.4 Å². The largest absolute Gasteiger partial charge is 0.354 e. The number of nitrogens with two attached hydrogens (primary N) is 1. The minimum absolute atomic E-state index is 0.174. The van der Waals surface area contributed by atoms with Gasteiger partial charge in [0.1, 0.15) is 0 Å². The second-order valence-electron chi connectivity index (χ2n) is 4.83. The van der Waals surface area contributed by atoms with Crippen LogP contribution in [0, 0.1) is 5.92 Å². The minimum atomic E-state index is -0.399. The lowest BCUT2D eigenvalue weighted by atomic mass is 9.98. The predicted octanol–water partition coefficient (Wildman–Crippen LogP) is 2.01. The van der Waals surface area contributed by atoms with Crippen LogP contribution in [0.3, 0.4) is 0 Å². The van der Waals surface area contributed by atoms with Gasteiger partial charge in [0.05, 0.1) is 6.04 Å². The van der Waals surface area contributed by atoms with Crippen LogP contribution in [-0.4, -0.2) is 20.5 Å². The van der Waals surface area contributed by atoms with Gasteiger partial charge in [-0.2, -0.15) is 0 Å². The van der Waals surface area contributed by atoms with E-state index in [-0.39, 0.29) is 6.04 Å². The number of hydrogen-bond acceptors (Lipinski definition) is 4. The van der Waals surface area contributed by atoms with Gasteiger partial charge in [-0.1, -0.05) is 38.1 Å². The first-order chi connectivity index (χ1) is 8.62. The molecule has 4 heteroatoms. The molecule has 3 N–H and O–H groups in total. The zero-order valence-electron chi connectivity index (χ0n) is 11.6. The Morgan fingerprint density at radius 3 is 2.39 bits per heavy atom. The maximum atomic E-state index is 5.60. The molecular weight excluding hydrogens is 228 g/mol. The normalized spacial score (nSPS) is 13.3. The molecule has 0 aliphatic heterocycles. The average Bonchev–Trinajstić information content (AvgIpc) is 2.35. The summed E-state index contributed by atoms with van der Waals surface area (Å²) < 4.78 is 10.5. The van der Waals surface area contributed by atoms with Crippen molar-refractivity contribution in [2.75, 3.05) is 14.2 Å². The molecule has 1 aromatic rings. The van der Waals surface area contributed by atoms with Crippen molar-refractivity contribution in [3.8, 4) is 0 Å². The zero-order valence-corrected chi connectivity index (χ0v) is 11.6. The van der Waals surface area contributed by atoms with E-state index in [9.17, 15) is 0 Å². The van der Waals surface area contributed by atoms with E-state index in [4.69, 9.17) is 15.3 Å². The first-order valence-corrected chi connectivity index (χ1v) is 6.23. The van der Waals surface area contributed by atoms with Crippen molar-refractivity contribution < 1.29 is 9.47 Å². The molecule has 18 heavy (non-hydrogen) atoms. The van der Waals surface area contributed by atoms with Gasteiger partial charge in [-0.3, -0.25) is 5.84 Å². The highest BCUT2D eigenvalue weighted by Gasteiger charge is 2.21. The van der Waals surface area contributed by atoms with E-state index in [0.29, 0.717) is 5.92 Å². The van der Waals surface area contributed by atoms with Gasteiger partial charge in [0.2, 0.25) is 0 Å². The van der Waals surface area contributed by atoms with Gasteiger partial charge in [0.25, 0.3) is 0 Å². The van der Waals surface area contributed by atoms with Crippen molar-refractivity contribution >= 4 is 0 Å². The SMILES string of the molecule is COC(OC)C(NN)c1cccc(CC(C)C)c1. The Morgan fingerprint density at radius 2 is 1.89 bits per heavy atom. The molecular formula is C14H24N2O2. The average molecular weight is 252 g/mol. The van der Waals surface area contributed by atoms with Crippen molar-refractivity contribution in [3.63, 3.8) is 0 Å². The first kappa shape index (κ1) is 15.1. The summed E-state index contributed by atoms with van der Waals surface area (Å²) in [5, 5.41) is 0. The molecule has 1 unspecified atom stereocenters. The highest BCUT2D eigenvalue weighted by atomic mass is 16.7. The number of methoxy groups -OCH3 is 2. The summed E-state index contributed by atoms with van der Waals surface area (Å²) >= 11 is 0. The Kier molecular flexibility index (Phi) is 6.29. The maximum absolute atomic E-state index is 5.60. The van der Waals surface area contributed by atoms with Gasteiger partial charge in [-0.15, -0.1) is 0 Å². The molecule has 102 valence electrons. The van der Waals surface area contributed by atoms with Crippen molar-refractivity contribution in [2.24, 2.45) is 11.8 Å². The number of hydrogen-bond donors (Lipinski definition) is 2. The van der Waals surface area contributed by atoms with Gasteiger partial charge in [0, 0.05) is 14.2 Å². The van der Waals surface area contributed by atoms with Gasteiger partial charge in [0.15, 0.2) is 6.29 Å². The number of nitrogens with one attached hydrogen (secondary N) is 1. The highest BCUT2D eigenvalue weighted by Crippen LogP contribution is 2.21. The fourth-order valence-electron chi connectivity index (χ4n) is 2.09. The van der Waals surface area contributed by atoms with Crippen molar-refractivity contribution in [2.45, 2.75) is 32.6 Å².